The van der Waals surface area contributed by atoms with E-state index in [1.54, 1.807) is 12.1 Å². The van der Waals surface area contributed by atoms with E-state index in [1.165, 1.54) is 29.5 Å². The molecule has 0 radical (unpaired) electrons. The molecule has 0 aliphatic heterocycles. The van der Waals surface area contributed by atoms with E-state index in [-0.39, 0.29) is 17.8 Å². The van der Waals surface area contributed by atoms with Crippen LogP contribution in [0.1, 0.15) is 15.2 Å². The number of halogens is 1. The van der Waals surface area contributed by atoms with E-state index in [1.807, 2.05) is 0 Å². The van der Waals surface area contributed by atoms with Crippen LogP contribution in [0.2, 0.25) is 4.34 Å². The van der Waals surface area contributed by atoms with Gasteiger partial charge in [0, 0.05) is 16.6 Å². The molecule has 0 aliphatic rings. The third-order valence-electron chi connectivity index (χ3n) is 2.66. The molecule has 0 saturated carbocycles. The largest absolute Gasteiger partial charge is 0.347 e. The van der Waals surface area contributed by atoms with Crippen LogP contribution in [0.25, 0.3) is 0 Å². The molecule has 1 aromatic carbocycles. The minimum Gasteiger partial charge on any atom is -0.347 e. The number of rotatable bonds is 5. The molecule has 1 amide bonds. The van der Waals surface area contributed by atoms with Crippen LogP contribution < -0.4 is 16.6 Å². The molecule has 0 bridgehead atoms. The molecule has 2 rings (SSSR count). The number of nitrogens with zero attached hydrogens (tertiary/aromatic N) is 1. The van der Waals surface area contributed by atoms with Crippen LogP contribution in [-0.4, -0.2) is 10.8 Å². The number of carbonyl (C=O) groups excluding carboxylic acids is 1. The average molecular weight is 327 g/mol. The smallest absolute Gasteiger partial charge is 0.282 e. The van der Waals surface area contributed by atoms with E-state index in [2.05, 4.69) is 10.7 Å². The molecule has 0 aliphatic carbocycles. The second kappa shape index (κ2) is 6.53. The lowest BCUT2D eigenvalue weighted by Crippen LogP contribution is -2.23. The number of thiophene rings is 1. The van der Waals surface area contributed by atoms with E-state index < -0.39 is 10.8 Å². The zero-order chi connectivity index (χ0) is 15.4. The molecule has 0 fully saturated rings. The quantitative estimate of drug-likeness (QED) is 0.444. The number of benzene rings is 1. The molecular formula is C12H11ClN4O3S. The van der Waals surface area contributed by atoms with E-state index in [0.717, 1.165) is 4.88 Å². The first kappa shape index (κ1) is 15.2. The highest BCUT2D eigenvalue weighted by molar-refractivity contribution is 7.16. The van der Waals surface area contributed by atoms with Crippen molar-refractivity contribution < 1.29 is 9.72 Å². The Morgan fingerprint density at radius 1 is 1.38 bits per heavy atom. The highest BCUT2D eigenvalue weighted by Gasteiger charge is 2.20. The fourth-order valence-electron chi connectivity index (χ4n) is 1.68. The van der Waals surface area contributed by atoms with Crippen LogP contribution in [0.15, 0.2) is 30.3 Å². The van der Waals surface area contributed by atoms with Gasteiger partial charge in [0.25, 0.3) is 11.6 Å². The summed E-state index contributed by atoms with van der Waals surface area (Å²) in [5.74, 6) is 4.70. The van der Waals surface area contributed by atoms with Gasteiger partial charge in [-0.3, -0.25) is 20.8 Å². The summed E-state index contributed by atoms with van der Waals surface area (Å²) in [6, 6.07) is 7.48. The SMILES string of the molecule is NNc1ccc([N+](=O)[O-])c(C(=O)NCc2ccc(Cl)s2)c1. The van der Waals surface area contributed by atoms with Gasteiger partial charge in [0.1, 0.15) is 5.56 Å². The molecule has 110 valence electrons. The minimum absolute atomic E-state index is 0.0573. The van der Waals surface area contributed by atoms with Gasteiger partial charge in [-0.2, -0.15) is 0 Å². The Hall–Kier alpha value is -2.16. The van der Waals surface area contributed by atoms with E-state index in [0.29, 0.717) is 10.0 Å². The highest BCUT2D eigenvalue weighted by atomic mass is 35.5. The Morgan fingerprint density at radius 3 is 2.71 bits per heavy atom. The summed E-state index contributed by atoms with van der Waals surface area (Å²) in [6.07, 6.45) is 0. The van der Waals surface area contributed by atoms with Crippen molar-refractivity contribution in [2.75, 3.05) is 5.43 Å². The van der Waals surface area contributed by atoms with Crippen LogP contribution in [0.3, 0.4) is 0 Å². The van der Waals surface area contributed by atoms with Crippen LogP contribution in [0.5, 0.6) is 0 Å². The van der Waals surface area contributed by atoms with Gasteiger partial charge >= 0.3 is 0 Å². The van der Waals surface area contributed by atoms with Crippen molar-refractivity contribution in [1.29, 1.82) is 0 Å². The number of anilines is 1. The van der Waals surface area contributed by atoms with Crippen molar-refractivity contribution in [3.63, 3.8) is 0 Å². The minimum atomic E-state index is -0.614. The first-order chi connectivity index (χ1) is 10.0. The Morgan fingerprint density at radius 2 is 2.14 bits per heavy atom. The molecule has 0 atom stereocenters. The number of nitrogens with two attached hydrogens (primary N) is 1. The van der Waals surface area contributed by atoms with Crippen molar-refractivity contribution in [1.82, 2.24) is 5.32 Å². The summed E-state index contributed by atoms with van der Waals surface area (Å²) in [5.41, 5.74) is 2.42. The number of hydrogen-bond donors (Lipinski definition) is 3. The van der Waals surface area contributed by atoms with E-state index in [4.69, 9.17) is 17.4 Å². The third-order valence-corrected chi connectivity index (χ3v) is 3.89. The summed E-state index contributed by atoms with van der Waals surface area (Å²) >= 11 is 7.12. The molecule has 1 heterocycles. The van der Waals surface area contributed by atoms with Crippen LogP contribution in [-0.2, 0) is 6.54 Å². The van der Waals surface area contributed by atoms with Gasteiger partial charge in [0.2, 0.25) is 0 Å². The fourth-order valence-corrected chi connectivity index (χ4v) is 2.70. The number of carbonyl (C=O) groups is 1. The average Bonchev–Trinajstić information content (AvgIpc) is 2.89. The monoisotopic (exact) mass is 326 g/mol. The molecule has 0 spiro atoms. The van der Waals surface area contributed by atoms with Crippen molar-refractivity contribution in [2.45, 2.75) is 6.54 Å². The molecule has 9 heteroatoms. The summed E-state index contributed by atoms with van der Waals surface area (Å²) in [4.78, 5) is 23.3. The molecule has 4 N–H and O–H groups in total. The first-order valence-electron chi connectivity index (χ1n) is 5.78. The summed E-state index contributed by atoms with van der Waals surface area (Å²) < 4.78 is 0.611. The number of nitrogens with one attached hydrogen (secondary N) is 2. The number of hydrogen-bond acceptors (Lipinski definition) is 6. The van der Waals surface area contributed by atoms with Gasteiger partial charge in [-0.05, 0) is 24.3 Å². The molecule has 2 aromatic rings. The number of hydrazine groups is 1. The molecule has 0 unspecified atom stereocenters. The lowest BCUT2D eigenvalue weighted by Gasteiger charge is -2.07. The molecular weight excluding hydrogens is 316 g/mol. The molecule has 0 saturated heterocycles. The number of nitro benzene ring substituents is 1. The summed E-state index contributed by atoms with van der Waals surface area (Å²) in [7, 11) is 0. The van der Waals surface area contributed by atoms with Gasteiger partial charge in [0.15, 0.2) is 0 Å². The van der Waals surface area contributed by atoms with Gasteiger partial charge in [-0.15, -0.1) is 11.3 Å². The number of amides is 1. The lowest BCUT2D eigenvalue weighted by atomic mass is 10.1. The second-order valence-corrected chi connectivity index (χ2v) is 5.82. The summed E-state index contributed by atoms with van der Waals surface area (Å²) in [6.45, 7) is 0.244. The molecule has 1 aromatic heterocycles. The van der Waals surface area contributed by atoms with E-state index >= 15 is 0 Å². The van der Waals surface area contributed by atoms with E-state index in [9.17, 15) is 14.9 Å². The highest BCUT2D eigenvalue weighted by Crippen LogP contribution is 2.23. The lowest BCUT2D eigenvalue weighted by molar-refractivity contribution is -0.385. The zero-order valence-electron chi connectivity index (χ0n) is 10.6. The Labute approximate surface area is 128 Å². The van der Waals surface area contributed by atoms with Crippen molar-refractivity contribution in [3.8, 4) is 0 Å². The topological polar surface area (TPSA) is 110 Å². The van der Waals surface area contributed by atoms with Crippen molar-refractivity contribution in [3.05, 3.63) is 55.2 Å². The van der Waals surface area contributed by atoms with Gasteiger partial charge in [0.05, 0.1) is 15.8 Å². The van der Waals surface area contributed by atoms with Gasteiger partial charge < -0.3 is 10.7 Å². The van der Waals surface area contributed by atoms with Crippen LogP contribution in [0, 0.1) is 10.1 Å². The Kier molecular flexibility index (Phi) is 4.73. The van der Waals surface area contributed by atoms with Crippen molar-refractivity contribution in [2.24, 2.45) is 5.84 Å². The Bertz CT molecular complexity index is 689. The predicted octanol–water partition coefficient (Wildman–Crippen LogP) is 2.53. The zero-order valence-corrected chi connectivity index (χ0v) is 12.2. The van der Waals surface area contributed by atoms with Gasteiger partial charge in [-0.1, -0.05) is 11.6 Å². The maximum Gasteiger partial charge on any atom is 0.282 e. The predicted molar refractivity (Wildman–Crippen MR) is 81.4 cm³/mol. The summed E-state index contributed by atoms with van der Waals surface area (Å²) in [5, 5.41) is 13.6. The normalized spacial score (nSPS) is 10.2. The fraction of sp³-hybridized carbons (Fsp3) is 0.0833. The van der Waals surface area contributed by atoms with Crippen molar-refractivity contribution >= 4 is 40.2 Å². The number of nitro groups is 1. The number of nitrogen functional groups attached to an aromatic ring is 1. The molecule has 21 heavy (non-hydrogen) atoms. The first-order valence-corrected chi connectivity index (χ1v) is 6.98. The Balaban J connectivity index is 2.19. The molecule has 7 nitrogen and oxygen atoms in total. The second-order valence-electron chi connectivity index (χ2n) is 4.02. The van der Waals surface area contributed by atoms with Crippen LogP contribution in [0.4, 0.5) is 11.4 Å². The maximum absolute atomic E-state index is 12.1. The van der Waals surface area contributed by atoms with Crippen LogP contribution >= 0.6 is 22.9 Å². The standard InChI is InChI=1S/C12H11ClN4O3S/c13-11-4-2-8(21-11)6-15-12(18)9-5-7(16-14)1-3-10(9)17(19)20/h1-5,16H,6,14H2,(H,15,18). The maximum atomic E-state index is 12.1. The third kappa shape index (κ3) is 3.69. The van der Waals surface area contributed by atoms with Gasteiger partial charge in [-0.25, -0.2) is 0 Å².